The quantitative estimate of drug-likeness (QED) is 0.537. The number of benzene rings is 4. The van der Waals surface area contributed by atoms with Crippen molar-refractivity contribution >= 4 is 12.6 Å². The third-order valence-electron chi connectivity index (χ3n) is 4.75. The Morgan fingerprint density at radius 3 is 1.30 bits per heavy atom. The molecule has 4 aromatic rings. The van der Waals surface area contributed by atoms with Crippen LogP contribution < -0.4 is 5.46 Å². The van der Waals surface area contributed by atoms with Gasteiger partial charge in [-0.25, -0.2) is 0 Å². The van der Waals surface area contributed by atoms with Crippen molar-refractivity contribution in [2.45, 2.75) is 0 Å². The fraction of sp³-hybridized carbons (Fsp3) is 0. The van der Waals surface area contributed by atoms with Crippen molar-refractivity contribution in [1.82, 2.24) is 0 Å². The molecule has 0 aliphatic heterocycles. The molecule has 4 aromatic carbocycles. The van der Waals surface area contributed by atoms with E-state index in [0.717, 1.165) is 16.7 Å². The molecule has 27 heavy (non-hydrogen) atoms. The Bertz CT molecular complexity index is 1040. The summed E-state index contributed by atoms with van der Waals surface area (Å²) in [5.74, 6) is 0. The molecule has 0 heterocycles. The third-order valence-corrected chi connectivity index (χ3v) is 4.75. The van der Waals surface area contributed by atoms with E-state index in [0.29, 0.717) is 5.46 Å². The molecule has 3 heteroatoms. The highest BCUT2D eigenvalue weighted by atomic mass is 16.4. The van der Waals surface area contributed by atoms with Crippen LogP contribution in [0.25, 0.3) is 33.4 Å². The van der Waals surface area contributed by atoms with Crippen LogP contribution in [0.3, 0.4) is 0 Å². The van der Waals surface area contributed by atoms with Crippen molar-refractivity contribution in [3.8, 4) is 33.4 Å². The summed E-state index contributed by atoms with van der Waals surface area (Å²) >= 11 is 0. The fourth-order valence-electron chi connectivity index (χ4n) is 3.39. The average Bonchev–Trinajstić information content (AvgIpc) is 2.74. The zero-order chi connectivity index (χ0) is 18.6. The Hall–Kier alpha value is -3.14. The van der Waals surface area contributed by atoms with Crippen LogP contribution in [0.2, 0.25) is 0 Å². The standard InChI is InChI=1S/C24H19BO2/c26-25(27)20-16-14-19(15-17-20)22-11-5-7-13-24(22)23-12-6-4-10-21(23)18-8-2-1-3-9-18/h1-17,26-27H. The molecule has 0 amide bonds. The zero-order valence-electron chi connectivity index (χ0n) is 14.8. The molecule has 0 aliphatic rings. The van der Waals surface area contributed by atoms with E-state index >= 15 is 0 Å². The Kier molecular flexibility index (Phi) is 4.88. The van der Waals surface area contributed by atoms with Gasteiger partial charge in [0.25, 0.3) is 0 Å². The molecular formula is C24H19BO2. The fourth-order valence-corrected chi connectivity index (χ4v) is 3.39. The second kappa shape index (κ2) is 7.62. The lowest BCUT2D eigenvalue weighted by Crippen LogP contribution is -2.29. The summed E-state index contributed by atoms with van der Waals surface area (Å²) in [4.78, 5) is 0. The van der Waals surface area contributed by atoms with Crippen LogP contribution in [0.4, 0.5) is 0 Å². The van der Waals surface area contributed by atoms with Crippen molar-refractivity contribution in [1.29, 1.82) is 0 Å². The van der Waals surface area contributed by atoms with Gasteiger partial charge in [-0.3, -0.25) is 0 Å². The van der Waals surface area contributed by atoms with E-state index in [1.807, 2.05) is 30.3 Å². The van der Waals surface area contributed by atoms with E-state index in [1.165, 1.54) is 16.7 Å². The lowest BCUT2D eigenvalue weighted by molar-refractivity contribution is 0.426. The Balaban J connectivity index is 1.86. The molecule has 4 rings (SSSR count). The van der Waals surface area contributed by atoms with Gasteiger partial charge in [-0.05, 0) is 38.8 Å². The number of rotatable bonds is 4. The summed E-state index contributed by atoms with van der Waals surface area (Å²) in [5, 5.41) is 18.7. The first-order chi connectivity index (χ1) is 13.2. The molecule has 0 saturated carbocycles. The minimum absolute atomic E-state index is 0.487. The molecule has 0 aliphatic carbocycles. The van der Waals surface area contributed by atoms with Gasteiger partial charge in [0.15, 0.2) is 0 Å². The Morgan fingerprint density at radius 2 is 0.815 bits per heavy atom. The second-order valence-electron chi connectivity index (χ2n) is 6.45. The van der Waals surface area contributed by atoms with Gasteiger partial charge >= 0.3 is 7.12 Å². The van der Waals surface area contributed by atoms with Crippen LogP contribution in [0.1, 0.15) is 0 Å². The summed E-state index contributed by atoms with van der Waals surface area (Å²) in [5.41, 5.74) is 7.33. The van der Waals surface area contributed by atoms with E-state index in [9.17, 15) is 10.0 Å². The average molecular weight is 350 g/mol. The number of hydrogen-bond acceptors (Lipinski definition) is 2. The minimum atomic E-state index is -1.45. The topological polar surface area (TPSA) is 40.5 Å². The molecule has 0 saturated heterocycles. The van der Waals surface area contributed by atoms with Crippen molar-refractivity contribution in [2.24, 2.45) is 0 Å². The highest BCUT2D eigenvalue weighted by Crippen LogP contribution is 2.37. The third kappa shape index (κ3) is 3.56. The van der Waals surface area contributed by atoms with Crippen molar-refractivity contribution < 1.29 is 10.0 Å². The first-order valence-electron chi connectivity index (χ1n) is 8.94. The molecule has 0 unspecified atom stereocenters. The van der Waals surface area contributed by atoms with Crippen LogP contribution >= 0.6 is 0 Å². The van der Waals surface area contributed by atoms with Gasteiger partial charge in [-0.2, -0.15) is 0 Å². The summed E-state index contributed by atoms with van der Waals surface area (Å²) in [6, 6.07) is 34.5. The van der Waals surface area contributed by atoms with Gasteiger partial charge in [0, 0.05) is 0 Å². The lowest BCUT2D eigenvalue weighted by atomic mass is 9.79. The molecule has 130 valence electrons. The van der Waals surface area contributed by atoms with Crippen molar-refractivity contribution in [2.75, 3.05) is 0 Å². The van der Waals surface area contributed by atoms with E-state index in [4.69, 9.17) is 0 Å². The van der Waals surface area contributed by atoms with Crippen molar-refractivity contribution in [3.05, 3.63) is 103 Å². The SMILES string of the molecule is OB(O)c1ccc(-c2ccccc2-c2ccccc2-c2ccccc2)cc1. The molecule has 0 spiro atoms. The predicted molar refractivity (Wildman–Crippen MR) is 113 cm³/mol. The predicted octanol–water partition coefficient (Wildman–Crippen LogP) is 4.37. The maximum atomic E-state index is 9.34. The van der Waals surface area contributed by atoms with E-state index in [1.54, 1.807) is 12.1 Å². The summed E-state index contributed by atoms with van der Waals surface area (Å²) in [6.45, 7) is 0. The molecule has 0 fully saturated rings. The van der Waals surface area contributed by atoms with Crippen LogP contribution in [-0.2, 0) is 0 Å². The van der Waals surface area contributed by atoms with Gasteiger partial charge < -0.3 is 10.0 Å². The van der Waals surface area contributed by atoms with Crippen LogP contribution in [0.15, 0.2) is 103 Å². The minimum Gasteiger partial charge on any atom is -0.423 e. The van der Waals surface area contributed by atoms with E-state index in [2.05, 4.69) is 60.7 Å². The van der Waals surface area contributed by atoms with Crippen LogP contribution in [0.5, 0.6) is 0 Å². The van der Waals surface area contributed by atoms with E-state index < -0.39 is 7.12 Å². The van der Waals surface area contributed by atoms with Gasteiger partial charge in [-0.1, -0.05) is 103 Å². The first-order valence-corrected chi connectivity index (χ1v) is 8.94. The summed E-state index contributed by atoms with van der Waals surface area (Å²) < 4.78 is 0. The number of hydrogen-bond donors (Lipinski definition) is 2. The highest BCUT2D eigenvalue weighted by Gasteiger charge is 2.14. The molecule has 2 N–H and O–H groups in total. The van der Waals surface area contributed by atoms with Crippen LogP contribution in [0, 0.1) is 0 Å². The molecular weight excluding hydrogens is 331 g/mol. The molecule has 0 atom stereocenters. The smallest absolute Gasteiger partial charge is 0.423 e. The molecule has 0 radical (unpaired) electrons. The van der Waals surface area contributed by atoms with Crippen molar-refractivity contribution in [3.63, 3.8) is 0 Å². The maximum Gasteiger partial charge on any atom is 0.488 e. The Labute approximate surface area is 159 Å². The maximum absolute atomic E-state index is 9.34. The van der Waals surface area contributed by atoms with Crippen LogP contribution in [-0.4, -0.2) is 17.2 Å². The molecule has 2 nitrogen and oxygen atoms in total. The second-order valence-corrected chi connectivity index (χ2v) is 6.45. The zero-order valence-corrected chi connectivity index (χ0v) is 14.8. The lowest BCUT2D eigenvalue weighted by Gasteiger charge is -2.15. The molecule has 0 bridgehead atoms. The highest BCUT2D eigenvalue weighted by molar-refractivity contribution is 6.58. The van der Waals surface area contributed by atoms with Gasteiger partial charge in [-0.15, -0.1) is 0 Å². The van der Waals surface area contributed by atoms with E-state index in [-0.39, 0.29) is 0 Å². The van der Waals surface area contributed by atoms with Gasteiger partial charge in [0.05, 0.1) is 0 Å². The monoisotopic (exact) mass is 350 g/mol. The Morgan fingerprint density at radius 1 is 0.407 bits per heavy atom. The first kappa shape index (κ1) is 17.3. The summed E-state index contributed by atoms with van der Waals surface area (Å²) in [6.07, 6.45) is 0. The van der Waals surface area contributed by atoms with Gasteiger partial charge in [0.2, 0.25) is 0 Å². The normalized spacial score (nSPS) is 10.6. The molecule has 0 aromatic heterocycles. The van der Waals surface area contributed by atoms with Gasteiger partial charge in [0.1, 0.15) is 0 Å². The largest absolute Gasteiger partial charge is 0.488 e. The summed E-state index contributed by atoms with van der Waals surface area (Å²) in [7, 11) is -1.45.